The molecule has 1 amide bonds. The number of halogens is 1. The van der Waals surface area contributed by atoms with E-state index in [1.807, 2.05) is 0 Å². The maximum absolute atomic E-state index is 12.0. The molecule has 1 unspecified atom stereocenters. The first-order valence-corrected chi connectivity index (χ1v) is 9.50. The Hall–Kier alpha value is -1.12. The SMILES string of the molecule is COc1ccc(S(=O)(=O)Cl)cc1C(=O)NCCS(C)=O. The zero-order chi connectivity index (χ0) is 15.3. The van der Waals surface area contributed by atoms with Gasteiger partial charge in [-0.05, 0) is 18.2 Å². The van der Waals surface area contributed by atoms with E-state index >= 15 is 0 Å². The van der Waals surface area contributed by atoms with Crippen molar-refractivity contribution >= 4 is 36.4 Å². The first-order chi connectivity index (χ1) is 9.25. The number of benzene rings is 1. The molecule has 0 saturated carbocycles. The molecule has 0 aromatic heterocycles. The Kier molecular flexibility index (Phi) is 5.97. The van der Waals surface area contributed by atoms with E-state index in [2.05, 4.69) is 5.32 Å². The highest BCUT2D eigenvalue weighted by Gasteiger charge is 2.17. The molecule has 0 fully saturated rings. The summed E-state index contributed by atoms with van der Waals surface area (Å²) in [5, 5.41) is 2.53. The summed E-state index contributed by atoms with van der Waals surface area (Å²) in [4.78, 5) is 11.8. The first-order valence-electron chi connectivity index (χ1n) is 5.46. The van der Waals surface area contributed by atoms with Crippen LogP contribution in [0.5, 0.6) is 5.75 Å². The third kappa shape index (κ3) is 4.77. The van der Waals surface area contributed by atoms with Crippen molar-refractivity contribution in [2.24, 2.45) is 0 Å². The van der Waals surface area contributed by atoms with Gasteiger partial charge in [0.15, 0.2) is 0 Å². The summed E-state index contributed by atoms with van der Waals surface area (Å²) < 4.78 is 38.4. The molecule has 0 heterocycles. The van der Waals surface area contributed by atoms with E-state index in [4.69, 9.17) is 15.4 Å². The lowest BCUT2D eigenvalue weighted by molar-refractivity contribution is 0.0953. The number of amides is 1. The Morgan fingerprint density at radius 2 is 2.10 bits per heavy atom. The van der Waals surface area contributed by atoms with Gasteiger partial charge in [0.25, 0.3) is 15.0 Å². The molecule has 1 aromatic carbocycles. The van der Waals surface area contributed by atoms with E-state index in [1.165, 1.54) is 25.5 Å². The molecule has 0 aliphatic rings. The van der Waals surface area contributed by atoms with Crippen LogP contribution in [0.3, 0.4) is 0 Å². The minimum atomic E-state index is -3.93. The molecule has 0 aliphatic carbocycles. The van der Waals surface area contributed by atoms with Crippen LogP contribution < -0.4 is 10.1 Å². The predicted molar refractivity (Wildman–Crippen MR) is 77.3 cm³/mol. The van der Waals surface area contributed by atoms with Crippen LogP contribution in [-0.2, 0) is 19.9 Å². The lowest BCUT2D eigenvalue weighted by Gasteiger charge is -2.10. The Labute approximate surface area is 124 Å². The molecule has 1 atom stereocenters. The number of rotatable bonds is 6. The highest BCUT2D eigenvalue weighted by atomic mass is 35.7. The van der Waals surface area contributed by atoms with Gasteiger partial charge in [0.05, 0.1) is 17.6 Å². The van der Waals surface area contributed by atoms with Gasteiger partial charge in [-0.3, -0.25) is 9.00 Å². The van der Waals surface area contributed by atoms with Crippen molar-refractivity contribution in [3.05, 3.63) is 23.8 Å². The van der Waals surface area contributed by atoms with Gasteiger partial charge < -0.3 is 10.1 Å². The zero-order valence-electron chi connectivity index (χ0n) is 10.9. The van der Waals surface area contributed by atoms with Gasteiger partial charge in [-0.25, -0.2) is 8.42 Å². The molecule has 112 valence electrons. The standard InChI is InChI=1S/C11H14ClNO5S2/c1-18-10-4-3-8(20(12,16)17)7-9(10)11(14)13-5-6-19(2)15/h3-4,7H,5-6H2,1-2H3,(H,13,14). The molecule has 1 rings (SSSR count). The molecule has 0 spiro atoms. The van der Waals surface area contributed by atoms with Crippen LogP contribution in [0.4, 0.5) is 0 Å². The molecular weight excluding hydrogens is 326 g/mol. The van der Waals surface area contributed by atoms with Crippen molar-refractivity contribution in [2.45, 2.75) is 4.90 Å². The van der Waals surface area contributed by atoms with Gasteiger partial charge in [-0.15, -0.1) is 0 Å². The number of ether oxygens (including phenoxy) is 1. The normalized spacial score (nSPS) is 12.8. The quantitative estimate of drug-likeness (QED) is 0.772. The van der Waals surface area contributed by atoms with Crippen LogP contribution in [0.2, 0.25) is 0 Å². The number of methoxy groups -OCH3 is 1. The van der Waals surface area contributed by atoms with E-state index in [0.29, 0.717) is 5.75 Å². The van der Waals surface area contributed by atoms with E-state index in [9.17, 15) is 17.4 Å². The highest BCUT2D eigenvalue weighted by Crippen LogP contribution is 2.24. The number of hydrogen-bond acceptors (Lipinski definition) is 5. The summed E-state index contributed by atoms with van der Waals surface area (Å²) in [5.74, 6) is 0.0142. The fraction of sp³-hybridized carbons (Fsp3) is 0.364. The van der Waals surface area contributed by atoms with Crippen LogP contribution in [-0.4, -0.2) is 44.2 Å². The van der Waals surface area contributed by atoms with Crippen molar-refractivity contribution in [1.82, 2.24) is 5.32 Å². The molecule has 1 aromatic rings. The van der Waals surface area contributed by atoms with Crippen LogP contribution in [0.25, 0.3) is 0 Å². The average Bonchev–Trinajstić information content (AvgIpc) is 2.36. The molecule has 20 heavy (non-hydrogen) atoms. The molecular formula is C11H14ClNO5S2. The molecule has 6 nitrogen and oxygen atoms in total. The van der Waals surface area contributed by atoms with Crippen molar-refractivity contribution in [3.8, 4) is 5.75 Å². The Morgan fingerprint density at radius 1 is 1.45 bits per heavy atom. The Morgan fingerprint density at radius 3 is 2.60 bits per heavy atom. The van der Waals surface area contributed by atoms with E-state index in [0.717, 1.165) is 6.07 Å². The number of hydrogen-bond donors (Lipinski definition) is 1. The summed E-state index contributed by atoms with van der Waals surface area (Å²) >= 11 is 0. The largest absolute Gasteiger partial charge is 0.496 e. The monoisotopic (exact) mass is 339 g/mol. The van der Waals surface area contributed by atoms with Gasteiger partial charge >= 0.3 is 0 Å². The maximum Gasteiger partial charge on any atom is 0.261 e. The van der Waals surface area contributed by atoms with Gasteiger partial charge in [-0.2, -0.15) is 0 Å². The molecule has 0 radical (unpaired) electrons. The minimum Gasteiger partial charge on any atom is -0.496 e. The fourth-order valence-corrected chi connectivity index (χ4v) is 2.59. The fourth-order valence-electron chi connectivity index (χ4n) is 1.42. The minimum absolute atomic E-state index is 0.0520. The average molecular weight is 340 g/mol. The predicted octanol–water partition coefficient (Wildman–Crippen LogP) is 0.731. The Balaban J connectivity index is 3.02. The molecule has 1 N–H and O–H groups in total. The molecule has 0 bridgehead atoms. The highest BCUT2D eigenvalue weighted by molar-refractivity contribution is 8.13. The second-order valence-electron chi connectivity index (χ2n) is 3.83. The first kappa shape index (κ1) is 16.9. The smallest absolute Gasteiger partial charge is 0.261 e. The molecule has 0 saturated heterocycles. The van der Waals surface area contributed by atoms with Gasteiger partial charge in [0.1, 0.15) is 5.75 Å². The lowest BCUT2D eigenvalue weighted by Crippen LogP contribution is -2.28. The van der Waals surface area contributed by atoms with E-state index in [1.54, 1.807) is 0 Å². The number of nitrogens with one attached hydrogen (secondary N) is 1. The second-order valence-corrected chi connectivity index (χ2v) is 7.95. The topological polar surface area (TPSA) is 89.5 Å². The number of carbonyl (C=O) groups excluding carboxylic acids is 1. The van der Waals surface area contributed by atoms with Crippen LogP contribution >= 0.6 is 10.7 Å². The van der Waals surface area contributed by atoms with Crippen LogP contribution in [0, 0.1) is 0 Å². The van der Waals surface area contributed by atoms with Crippen LogP contribution in [0.15, 0.2) is 23.1 Å². The van der Waals surface area contributed by atoms with Gasteiger partial charge in [-0.1, -0.05) is 0 Å². The zero-order valence-corrected chi connectivity index (χ0v) is 13.3. The van der Waals surface area contributed by atoms with E-state index < -0.39 is 25.8 Å². The maximum atomic E-state index is 12.0. The number of carbonyl (C=O) groups is 1. The molecule has 9 heteroatoms. The van der Waals surface area contributed by atoms with Gasteiger partial charge in [0.2, 0.25) is 0 Å². The van der Waals surface area contributed by atoms with Crippen molar-refractivity contribution in [2.75, 3.05) is 25.7 Å². The summed E-state index contributed by atoms with van der Waals surface area (Å²) in [6.45, 7) is 0.211. The van der Waals surface area contributed by atoms with Gasteiger partial charge in [0, 0.05) is 40.0 Å². The second kappa shape index (κ2) is 7.05. The summed E-state index contributed by atoms with van der Waals surface area (Å²) in [5.41, 5.74) is 0.0520. The Bertz CT molecular complexity index is 630. The van der Waals surface area contributed by atoms with Crippen molar-refractivity contribution in [1.29, 1.82) is 0 Å². The molecule has 0 aliphatic heterocycles. The lowest BCUT2D eigenvalue weighted by atomic mass is 10.2. The van der Waals surface area contributed by atoms with E-state index in [-0.39, 0.29) is 22.8 Å². The van der Waals surface area contributed by atoms with Crippen LogP contribution in [0.1, 0.15) is 10.4 Å². The third-order valence-electron chi connectivity index (χ3n) is 2.37. The van der Waals surface area contributed by atoms with Crippen molar-refractivity contribution < 1.29 is 22.2 Å². The summed E-state index contributed by atoms with van der Waals surface area (Å²) in [6, 6.07) is 3.74. The summed E-state index contributed by atoms with van der Waals surface area (Å²) in [6.07, 6.45) is 1.52. The van der Waals surface area contributed by atoms with Crippen molar-refractivity contribution in [3.63, 3.8) is 0 Å². The summed E-state index contributed by atoms with van der Waals surface area (Å²) in [7, 11) is 1.64. The third-order valence-corrected chi connectivity index (χ3v) is 4.50.